The van der Waals surface area contributed by atoms with E-state index in [1.807, 2.05) is 6.92 Å². The van der Waals surface area contributed by atoms with Crippen molar-refractivity contribution >= 4 is 33.4 Å². The third-order valence-electron chi connectivity index (χ3n) is 5.57. The number of nitrogens with zero attached hydrogens (tertiary/aromatic N) is 1. The number of carbonyl (C=O) groups excluding carboxylic acids is 2. The molecule has 1 heterocycles. The maximum atomic E-state index is 13.1. The molecule has 9 heteroatoms. The lowest BCUT2D eigenvalue weighted by atomic mass is 10.0. The molecule has 0 radical (unpaired) electrons. The molecule has 2 N–H and O–H groups in total. The molecule has 2 aromatic rings. The summed E-state index contributed by atoms with van der Waals surface area (Å²) < 4.78 is 27.8. The number of nitrogens with one attached hydrogen (secondary N) is 2. The highest BCUT2D eigenvalue weighted by molar-refractivity contribution is 7.89. The molecule has 0 aromatic heterocycles. The fraction of sp³-hybridized carbons (Fsp3) is 0.391. The molecule has 32 heavy (non-hydrogen) atoms. The average Bonchev–Trinajstić information content (AvgIpc) is 2.79. The number of halogens is 1. The van der Waals surface area contributed by atoms with Crippen LogP contribution in [0.1, 0.15) is 36.8 Å². The van der Waals surface area contributed by atoms with E-state index in [9.17, 15) is 18.0 Å². The molecule has 0 spiro atoms. The molecule has 2 amide bonds. The fourth-order valence-electron chi connectivity index (χ4n) is 3.75. The number of hydrogen-bond acceptors (Lipinski definition) is 4. The van der Waals surface area contributed by atoms with Gasteiger partial charge in [0, 0.05) is 30.7 Å². The highest BCUT2D eigenvalue weighted by Crippen LogP contribution is 2.27. The maximum absolute atomic E-state index is 13.1. The summed E-state index contributed by atoms with van der Waals surface area (Å²) in [5.74, 6) is -1.50. The van der Waals surface area contributed by atoms with Gasteiger partial charge < -0.3 is 10.6 Å². The first-order valence-electron chi connectivity index (χ1n) is 10.7. The van der Waals surface area contributed by atoms with Gasteiger partial charge in [-0.3, -0.25) is 9.59 Å². The Morgan fingerprint density at radius 3 is 2.44 bits per heavy atom. The molecule has 0 aliphatic carbocycles. The summed E-state index contributed by atoms with van der Waals surface area (Å²) in [4.78, 5) is 24.5. The van der Waals surface area contributed by atoms with Crippen LogP contribution in [0, 0.1) is 6.92 Å². The first-order valence-corrected chi connectivity index (χ1v) is 12.5. The van der Waals surface area contributed by atoms with Gasteiger partial charge in [0.25, 0.3) is 0 Å². The Labute approximate surface area is 194 Å². The van der Waals surface area contributed by atoms with Crippen LogP contribution in [0.15, 0.2) is 53.4 Å². The largest absolute Gasteiger partial charge is 0.348 e. The van der Waals surface area contributed by atoms with Crippen molar-refractivity contribution in [2.24, 2.45) is 0 Å². The lowest BCUT2D eigenvalue weighted by Gasteiger charge is -2.34. The van der Waals surface area contributed by atoms with E-state index in [0.717, 1.165) is 30.4 Å². The second-order valence-electron chi connectivity index (χ2n) is 7.90. The molecule has 0 bridgehead atoms. The minimum Gasteiger partial charge on any atom is -0.348 e. The Bertz CT molecular complexity index is 1060. The van der Waals surface area contributed by atoms with Crippen molar-refractivity contribution in [1.82, 2.24) is 14.9 Å². The molecule has 0 saturated carbocycles. The summed E-state index contributed by atoms with van der Waals surface area (Å²) in [7, 11) is -3.61. The minimum atomic E-state index is -3.61. The average molecular weight is 478 g/mol. The molecule has 2 aromatic carbocycles. The molecule has 1 aliphatic heterocycles. The van der Waals surface area contributed by atoms with Gasteiger partial charge in [-0.1, -0.05) is 53.9 Å². The first kappa shape index (κ1) is 24.2. The SMILES string of the molecule is Cc1ccc(S(=O)(=O)N2CCCC[C@@H]2CCNC(=O)C(=O)NCc2ccccc2Cl)cc1. The van der Waals surface area contributed by atoms with Crippen LogP contribution in [0.5, 0.6) is 0 Å². The minimum absolute atomic E-state index is 0.150. The van der Waals surface area contributed by atoms with Gasteiger partial charge in [-0.15, -0.1) is 0 Å². The summed E-state index contributed by atoms with van der Waals surface area (Å²) in [6.45, 7) is 2.72. The van der Waals surface area contributed by atoms with Crippen molar-refractivity contribution in [1.29, 1.82) is 0 Å². The molecule has 1 aliphatic rings. The fourth-order valence-corrected chi connectivity index (χ4v) is 5.68. The zero-order valence-electron chi connectivity index (χ0n) is 18.0. The van der Waals surface area contributed by atoms with E-state index in [-0.39, 0.29) is 24.0 Å². The number of piperidine rings is 1. The van der Waals surface area contributed by atoms with Crippen LogP contribution in [0.4, 0.5) is 0 Å². The Hall–Kier alpha value is -2.42. The van der Waals surface area contributed by atoms with Crippen LogP contribution in [-0.2, 0) is 26.2 Å². The highest BCUT2D eigenvalue weighted by atomic mass is 35.5. The molecular weight excluding hydrogens is 450 g/mol. The van der Waals surface area contributed by atoms with E-state index < -0.39 is 21.8 Å². The smallest absolute Gasteiger partial charge is 0.309 e. The molecule has 1 saturated heterocycles. The van der Waals surface area contributed by atoms with E-state index in [4.69, 9.17) is 11.6 Å². The van der Waals surface area contributed by atoms with Crippen LogP contribution in [0.2, 0.25) is 5.02 Å². The van der Waals surface area contributed by atoms with Crippen molar-refractivity contribution in [3.05, 3.63) is 64.7 Å². The zero-order chi connectivity index (χ0) is 23.1. The van der Waals surface area contributed by atoms with Gasteiger partial charge in [-0.05, 0) is 49.9 Å². The number of aryl methyl sites for hydroxylation is 1. The Morgan fingerprint density at radius 1 is 1.03 bits per heavy atom. The molecule has 0 unspecified atom stereocenters. The van der Waals surface area contributed by atoms with Crippen LogP contribution in [0.25, 0.3) is 0 Å². The Kier molecular flexibility index (Phi) is 8.28. The van der Waals surface area contributed by atoms with Gasteiger partial charge >= 0.3 is 11.8 Å². The van der Waals surface area contributed by atoms with Crippen LogP contribution < -0.4 is 10.6 Å². The molecule has 1 fully saturated rings. The highest BCUT2D eigenvalue weighted by Gasteiger charge is 2.33. The number of sulfonamides is 1. The summed E-state index contributed by atoms with van der Waals surface area (Å²) in [6.07, 6.45) is 2.89. The number of hydrogen-bond donors (Lipinski definition) is 2. The number of carbonyl (C=O) groups is 2. The number of benzene rings is 2. The second kappa shape index (κ2) is 10.9. The van der Waals surface area contributed by atoms with Crippen molar-refractivity contribution in [3.8, 4) is 0 Å². The quantitative estimate of drug-likeness (QED) is 0.599. The van der Waals surface area contributed by atoms with Gasteiger partial charge in [0.15, 0.2) is 0 Å². The predicted octanol–water partition coefficient (Wildman–Crippen LogP) is 3.01. The van der Waals surface area contributed by atoms with Gasteiger partial charge in [-0.2, -0.15) is 4.31 Å². The number of amides is 2. The monoisotopic (exact) mass is 477 g/mol. The summed E-state index contributed by atoms with van der Waals surface area (Å²) in [5.41, 5.74) is 1.71. The predicted molar refractivity (Wildman–Crippen MR) is 124 cm³/mol. The van der Waals surface area contributed by atoms with Gasteiger partial charge in [0.05, 0.1) is 4.90 Å². The zero-order valence-corrected chi connectivity index (χ0v) is 19.6. The maximum Gasteiger partial charge on any atom is 0.309 e. The normalized spacial score (nSPS) is 17.0. The van der Waals surface area contributed by atoms with Crippen LogP contribution >= 0.6 is 11.6 Å². The molecule has 7 nitrogen and oxygen atoms in total. The molecular formula is C23H28ClN3O4S. The van der Waals surface area contributed by atoms with E-state index in [1.54, 1.807) is 48.5 Å². The summed E-state index contributed by atoms with van der Waals surface area (Å²) >= 11 is 6.05. The van der Waals surface area contributed by atoms with E-state index >= 15 is 0 Å². The lowest BCUT2D eigenvalue weighted by molar-refractivity contribution is -0.139. The van der Waals surface area contributed by atoms with Crippen molar-refractivity contribution in [2.75, 3.05) is 13.1 Å². The standard InChI is InChI=1S/C23H28ClN3O4S/c1-17-9-11-20(12-10-17)32(30,31)27-15-5-4-7-19(27)13-14-25-22(28)23(29)26-16-18-6-2-3-8-21(18)24/h2-3,6,8-12,19H,4-5,7,13-16H2,1H3,(H,25,28)(H,26,29)/t19-/m1/s1. The van der Waals surface area contributed by atoms with Crippen LogP contribution in [-0.4, -0.2) is 43.7 Å². The Balaban J connectivity index is 1.53. The van der Waals surface area contributed by atoms with Gasteiger partial charge in [0.1, 0.15) is 0 Å². The van der Waals surface area contributed by atoms with Crippen molar-refractivity contribution in [3.63, 3.8) is 0 Å². The van der Waals surface area contributed by atoms with Crippen LogP contribution in [0.3, 0.4) is 0 Å². The van der Waals surface area contributed by atoms with Gasteiger partial charge in [-0.25, -0.2) is 8.42 Å². The van der Waals surface area contributed by atoms with E-state index in [2.05, 4.69) is 10.6 Å². The third-order valence-corrected chi connectivity index (χ3v) is 7.90. The van der Waals surface area contributed by atoms with E-state index in [0.29, 0.717) is 18.0 Å². The summed E-state index contributed by atoms with van der Waals surface area (Å²) in [6, 6.07) is 13.7. The summed E-state index contributed by atoms with van der Waals surface area (Å²) in [5, 5.41) is 5.65. The number of rotatable bonds is 7. The molecule has 3 rings (SSSR count). The first-order chi connectivity index (χ1) is 15.3. The van der Waals surface area contributed by atoms with Gasteiger partial charge in [0.2, 0.25) is 10.0 Å². The lowest BCUT2D eigenvalue weighted by Crippen LogP contribution is -2.46. The topological polar surface area (TPSA) is 95.6 Å². The van der Waals surface area contributed by atoms with E-state index in [1.165, 1.54) is 4.31 Å². The third kappa shape index (κ3) is 6.09. The van der Waals surface area contributed by atoms with Crippen molar-refractivity contribution < 1.29 is 18.0 Å². The molecule has 1 atom stereocenters. The molecule has 172 valence electrons. The Morgan fingerprint density at radius 2 is 1.72 bits per heavy atom. The van der Waals surface area contributed by atoms with Crippen molar-refractivity contribution in [2.45, 2.75) is 50.1 Å². The second-order valence-corrected chi connectivity index (χ2v) is 10.2.